The molecule has 2 aromatic heterocycles. The van der Waals surface area contributed by atoms with Gasteiger partial charge in [-0.2, -0.15) is 5.26 Å². The van der Waals surface area contributed by atoms with Gasteiger partial charge in [0, 0.05) is 35.2 Å². The van der Waals surface area contributed by atoms with E-state index in [1.54, 1.807) is 19.4 Å². The number of nitrogens with one attached hydrogen (secondary N) is 2. The summed E-state index contributed by atoms with van der Waals surface area (Å²) in [6, 6.07) is 15.5. The Morgan fingerprint density at radius 2 is 2.11 bits per heavy atom. The molecule has 35 heavy (non-hydrogen) atoms. The van der Waals surface area contributed by atoms with E-state index < -0.39 is 0 Å². The highest BCUT2D eigenvalue weighted by Gasteiger charge is 2.23. The maximum absolute atomic E-state index is 12.8. The fraction of sp³-hybridized carbons (Fsp3) is 0.321. The molecule has 0 bridgehead atoms. The van der Waals surface area contributed by atoms with Crippen LogP contribution in [0.4, 0.5) is 0 Å². The second-order valence-electron chi connectivity index (χ2n) is 9.05. The van der Waals surface area contributed by atoms with E-state index in [0.29, 0.717) is 23.8 Å². The molecule has 0 aliphatic carbocycles. The number of nitrogens with zero attached hydrogens (tertiary/aromatic N) is 3. The van der Waals surface area contributed by atoms with Crippen molar-refractivity contribution in [3.8, 4) is 11.8 Å². The number of nitriles is 1. The lowest BCUT2D eigenvalue weighted by atomic mass is 9.88. The molecule has 3 heterocycles. The van der Waals surface area contributed by atoms with Crippen LogP contribution < -0.4 is 10.1 Å². The molecule has 1 fully saturated rings. The van der Waals surface area contributed by atoms with E-state index in [1.165, 1.54) is 5.56 Å². The van der Waals surface area contributed by atoms with Gasteiger partial charge in [-0.1, -0.05) is 6.07 Å². The fourth-order valence-corrected chi connectivity index (χ4v) is 5.14. The molecular weight excluding hydrogens is 438 g/mol. The maximum atomic E-state index is 12.8. The molecule has 0 saturated carbocycles. The number of hydrogen-bond donors (Lipinski definition) is 2. The summed E-state index contributed by atoms with van der Waals surface area (Å²) < 4.78 is 5.31. The van der Waals surface area contributed by atoms with Gasteiger partial charge in [-0.05, 0) is 86.8 Å². The standard InChI is InChI=1S/C28H29N5O2/c1-35-21-6-7-25-23(16-21)22(8-12-30-25)28(34)31-11-3-13-33-14-9-19(10-15-33)24-18-32-26-5-2-4-20(17-29)27(24)26/h2,4-8,12,16,18-19,32H,3,9-11,13-15H2,1H3,(H,31,34). The molecule has 0 atom stereocenters. The minimum atomic E-state index is -0.0861. The zero-order valence-electron chi connectivity index (χ0n) is 19.9. The topological polar surface area (TPSA) is 94.0 Å². The number of rotatable bonds is 7. The molecule has 0 spiro atoms. The van der Waals surface area contributed by atoms with Gasteiger partial charge in [0.05, 0.1) is 29.8 Å². The molecule has 2 aromatic carbocycles. The Bertz CT molecular complexity index is 1400. The zero-order valence-corrected chi connectivity index (χ0v) is 19.9. The first-order chi connectivity index (χ1) is 17.2. The molecule has 0 radical (unpaired) electrons. The second kappa shape index (κ2) is 10.2. The fourth-order valence-electron chi connectivity index (χ4n) is 5.14. The number of ether oxygens (including phenoxy) is 1. The van der Waals surface area contributed by atoms with E-state index in [4.69, 9.17) is 4.74 Å². The largest absolute Gasteiger partial charge is 0.497 e. The summed E-state index contributed by atoms with van der Waals surface area (Å²) in [6.45, 7) is 3.62. The molecular formula is C28H29N5O2. The third-order valence-corrected chi connectivity index (χ3v) is 7.01. The first-order valence-corrected chi connectivity index (χ1v) is 12.1. The number of carbonyl (C=O) groups excluding carboxylic acids is 1. The average molecular weight is 468 g/mol. The van der Waals surface area contributed by atoms with Gasteiger partial charge in [0.15, 0.2) is 0 Å². The smallest absolute Gasteiger partial charge is 0.252 e. The summed E-state index contributed by atoms with van der Waals surface area (Å²) in [5.74, 6) is 1.09. The Balaban J connectivity index is 1.13. The molecule has 1 amide bonds. The van der Waals surface area contributed by atoms with Crippen LogP contribution in [0.1, 0.15) is 46.7 Å². The quantitative estimate of drug-likeness (QED) is 0.388. The number of methoxy groups -OCH3 is 1. The second-order valence-corrected chi connectivity index (χ2v) is 9.05. The number of benzene rings is 2. The Morgan fingerprint density at radius 1 is 1.26 bits per heavy atom. The van der Waals surface area contributed by atoms with Gasteiger partial charge in [0.2, 0.25) is 0 Å². The van der Waals surface area contributed by atoms with Crippen molar-refractivity contribution in [3.63, 3.8) is 0 Å². The van der Waals surface area contributed by atoms with Crippen LogP contribution in [-0.4, -0.2) is 54.1 Å². The first-order valence-electron chi connectivity index (χ1n) is 12.1. The van der Waals surface area contributed by atoms with Gasteiger partial charge in [-0.15, -0.1) is 0 Å². The Labute approximate surface area is 204 Å². The highest BCUT2D eigenvalue weighted by Crippen LogP contribution is 2.34. The summed E-state index contributed by atoms with van der Waals surface area (Å²) in [5, 5.41) is 14.5. The van der Waals surface area contributed by atoms with Crippen LogP contribution in [0.25, 0.3) is 21.8 Å². The third-order valence-electron chi connectivity index (χ3n) is 7.01. The summed E-state index contributed by atoms with van der Waals surface area (Å²) in [5.41, 5.74) is 4.45. The molecule has 4 aromatic rings. The number of aromatic nitrogens is 2. The number of pyridine rings is 1. The van der Waals surface area contributed by atoms with E-state index in [0.717, 1.165) is 66.3 Å². The number of fused-ring (bicyclic) bond motifs is 2. The summed E-state index contributed by atoms with van der Waals surface area (Å²) in [4.78, 5) is 23.0. The number of aromatic amines is 1. The van der Waals surface area contributed by atoms with Crippen LogP contribution in [0.3, 0.4) is 0 Å². The van der Waals surface area contributed by atoms with Gasteiger partial charge in [0.1, 0.15) is 5.75 Å². The molecule has 1 aliphatic heterocycles. The molecule has 178 valence electrons. The van der Waals surface area contributed by atoms with E-state index >= 15 is 0 Å². The maximum Gasteiger partial charge on any atom is 0.252 e. The van der Waals surface area contributed by atoms with Crippen LogP contribution >= 0.6 is 0 Å². The van der Waals surface area contributed by atoms with Gasteiger partial charge >= 0.3 is 0 Å². The number of amides is 1. The predicted molar refractivity (Wildman–Crippen MR) is 137 cm³/mol. The highest BCUT2D eigenvalue weighted by molar-refractivity contribution is 6.06. The molecule has 1 saturated heterocycles. The van der Waals surface area contributed by atoms with Crippen molar-refractivity contribution in [3.05, 3.63) is 71.5 Å². The van der Waals surface area contributed by atoms with E-state index in [-0.39, 0.29) is 5.91 Å². The molecule has 7 heteroatoms. The lowest BCUT2D eigenvalue weighted by Gasteiger charge is -2.32. The summed E-state index contributed by atoms with van der Waals surface area (Å²) in [7, 11) is 1.62. The lowest BCUT2D eigenvalue weighted by Crippen LogP contribution is -2.35. The van der Waals surface area contributed by atoms with Crippen molar-refractivity contribution in [1.29, 1.82) is 5.26 Å². The number of hydrogen-bond acceptors (Lipinski definition) is 5. The Kier molecular flexibility index (Phi) is 6.64. The van der Waals surface area contributed by atoms with Gasteiger partial charge < -0.3 is 19.9 Å². The zero-order chi connectivity index (χ0) is 24.2. The number of H-pyrrole nitrogens is 1. The summed E-state index contributed by atoms with van der Waals surface area (Å²) in [6.07, 6.45) is 6.79. The van der Waals surface area contributed by atoms with Crippen LogP contribution in [-0.2, 0) is 0 Å². The van der Waals surface area contributed by atoms with Crippen LogP contribution in [0, 0.1) is 11.3 Å². The van der Waals surface area contributed by atoms with E-state index in [1.807, 2.05) is 36.4 Å². The van der Waals surface area contributed by atoms with Crippen molar-refractivity contribution in [2.24, 2.45) is 0 Å². The van der Waals surface area contributed by atoms with Crippen LogP contribution in [0.5, 0.6) is 5.75 Å². The first kappa shape index (κ1) is 22.9. The Morgan fingerprint density at radius 3 is 2.91 bits per heavy atom. The van der Waals surface area contributed by atoms with Crippen molar-refractivity contribution in [2.45, 2.75) is 25.2 Å². The minimum absolute atomic E-state index is 0.0861. The third kappa shape index (κ3) is 4.71. The van der Waals surface area contributed by atoms with Crippen molar-refractivity contribution >= 4 is 27.7 Å². The van der Waals surface area contributed by atoms with Crippen LogP contribution in [0.2, 0.25) is 0 Å². The SMILES string of the molecule is COc1ccc2nccc(C(=O)NCCCN3CCC(c4c[nH]c5cccc(C#N)c45)CC3)c2c1. The molecule has 2 N–H and O–H groups in total. The van der Waals surface area contributed by atoms with E-state index in [2.05, 4.69) is 32.5 Å². The summed E-state index contributed by atoms with van der Waals surface area (Å²) >= 11 is 0. The molecule has 0 unspecified atom stereocenters. The van der Waals surface area contributed by atoms with Crippen molar-refractivity contribution in [1.82, 2.24) is 20.2 Å². The number of piperidine rings is 1. The number of likely N-dealkylation sites (tertiary alicyclic amines) is 1. The van der Waals surface area contributed by atoms with Crippen molar-refractivity contribution in [2.75, 3.05) is 33.3 Å². The molecule has 1 aliphatic rings. The molecule has 7 nitrogen and oxygen atoms in total. The predicted octanol–water partition coefficient (Wildman–Crippen LogP) is 4.60. The molecule has 5 rings (SSSR count). The van der Waals surface area contributed by atoms with E-state index in [9.17, 15) is 10.1 Å². The lowest BCUT2D eigenvalue weighted by molar-refractivity contribution is 0.0952. The monoisotopic (exact) mass is 467 g/mol. The van der Waals surface area contributed by atoms with Crippen molar-refractivity contribution < 1.29 is 9.53 Å². The average Bonchev–Trinajstić information content (AvgIpc) is 3.35. The Hall–Kier alpha value is -3.89. The minimum Gasteiger partial charge on any atom is -0.497 e. The number of carbonyl (C=O) groups is 1. The highest BCUT2D eigenvalue weighted by atomic mass is 16.5. The normalized spacial score (nSPS) is 14.7. The van der Waals surface area contributed by atoms with Crippen LogP contribution in [0.15, 0.2) is 54.9 Å². The van der Waals surface area contributed by atoms with Gasteiger partial charge in [0.25, 0.3) is 5.91 Å². The van der Waals surface area contributed by atoms with Gasteiger partial charge in [-0.25, -0.2) is 0 Å². The van der Waals surface area contributed by atoms with Gasteiger partial charge in [-0.3, -0.25) is 9.78 Å².